The van der Waals surface area contributed by atoms with Crippen LogP contribution >= 0.6 is 0 Å². The molecule has 0 atom stereocenters. The Labute approximate surface area is 172 Å². The molecule has 1 aliphatic carbocycles. The number of primary amides is 1. The first-order valence-electron chi connectivity index (χ1n) is 9.22. The number of rotatable bonds is 4. The number of aliphatic hydroxyl groups excluding tert-OH is 1. The molecule has 4 N–H and O–H groups in total. The first kappa shape index (κ1) is 28.5. The van der Waals surface area contributed by atoms with E-state index in [1.54, 1.807) is 13.0 Å². The largest absolute Gasteiger partial charge is 0.463 e. The van der Waals surface area contributed by atoms with E-state index in [9.17, 15) is 18.8 Å². The van der Waals surface area contributed by atoms with Gasteiger partial charge in [0.25, 0.3) is 0 Å². The molecule has 0 radical (unpaired) electrons. The van der Waals surface area contributed by atoms with Crippen molar-refractivity contribution < 1.29 is 28.6 Å². The van der Waals surface area contributed by atoms with Crippen molar-refractivity contribution in [2.75, 3.05) is 12.4 Å². The van der Waals surface area contributed by atoms with Crippen LogP contribution in [-0.2, 0) is 19.1 Å². The zero-order chi connectivity index (χ0) is 22.8. The predicted molar refractivity (Wildman–Crippen MR) is 112 cm³/mol. The van der Waals surface area contributed by atoms with Gasteiger partial charge in [0.1, 0.15) is 12.2 Å². The van der Waals surface area contributed by atoms with Crippen molar-refractivity contribution in [3.05, 3.63) is 41.7 Å². The van der Waals surface area contributed by atoms with Gasteiger partial charge in [-0.3, -0.25) is 14.4 Å². The fraction of sp³-hybridized carbons (Fsp3) is 0.476. The van der Waals surface area contributed by atoms with Gasteiger partial charge in [-0.25, -0.2) is 4.39 Å². The van der Waals surface area contributed by atoms with Crippen LogP contribution in [0.1, 0.15) is 52.0 Å². The third kappa shape index (κ3) is 19.8. The van der Waals surface area contributed by atoms with Crippen molar-refractivity contribution >= 4 is 23.5 Å². The molecular formula is C21H33FN2O5. The standard InChI is InChI=1S/C10H11FN2O2.C5H10O2.C5H8.CH4O/c1-6-2-7(11)4-8(3-6)13-10(15)5-9(12)14;1-4(2)7-5(3)6;1-2-4-5-3-1;1-2/h2-4H,5H2,1H3,(H2,12,14)(H,13,15);4H,1-3H3;1-2H,3-5H2;2H,1H3. The topological polar surface area (TPSA) is 119 Å². The SMILES string of the molecule is C1=CCCC1.CC(=O)OC(C)C.CO.Cc1cc(F)cc(NC(=O)CC(N)=O)c1. The van der Waals surface area contributed by atoms with Gasteiger partial charge < -0.3 is 20.9 Å². The number of carbonyl (C=O) groups is 3. The number of benzene rings is 1. The van der Waals surface area contributed by atoms with Gasteiger partial charge in [-0.15, -0.1) is 0 Å². The lowest BCUT2D eigenvalue weighted by Crippen LogP contribution is -2.21. The smallest absolute Gasteiger partial charge is 0.302 e. The summed E-state index contributed by atoms with van der Waals surface area (Å²) in [6.07, 6.45) is 8.12. The molecule has 0 fully saturated rings. The van der Waals surface area contributed by atoms with Crippen LogP contribution in [-0.4, -0.2) is 36.1 Å². The molecule has 0 aliphatic heterocycles. The summed E-state index contributed by atoms with van der Waals surface area (Å²) >= 11 is 0. The average molecular weight is 413 g/mol. The van der Waals surface area contributed by atoms with E-state index in [4.69, 9.17) is 10.8 Å². The quantitative estimate of drug-likeness (QED) is 0.398. The van der Waals surface area contributed by atoms with E-state index in [-0.39, 0.29) is 12.1 Å². The first-order valence-corrected chi connectivity index (χ1v) is 9.22. The molecule has 8 heteroatoms. The second-order valence-electron chi connectivity index (χ2n) is 6.27. The van der Waals surface area contributed by atoms with E-state index >= 15 is 0 Å². The summed E-state index contributed by atoms with van der Waals surface area (Å²) in [6.45, 7) is 6.75. The molecule has 29 heavy (non-hydrogen) atoms. The van der Waals surface area contributed by atoms with Gasteiger partial charge >= 0.3 is 5.97 Å². The minimum absolute atomic E-state index is 0.0255. The number of aliphatic hydroxyl groups is 1. The fourth-order valence-electron chi connectivity index (χ4n) is 2.09. The number of ether oxygens (including phenoxy) is 1. The van der Waals surface area contributed by atoms with Crippen molar-refractivity contribution in [3.63, 3.8) is 0 Å². The Morgan fingerprint density at radius 2 is 1.72 bits per heavy atom. The minimum atomic E-state index is -0.722. The van der Waals surface area contributed by atoms with Crippen LogP contribution in [0.4, 0.5) is 10.1 Å². The maximum atomic E-state index is 12.9. The Morgan fingerprint density at radius 3 is 2.03 bits per heavy atom. The third-order valence-corrected chi connectivity index (χ3v) is 2.97. The van der Waals surface area contributed by atoms with Crippen LogP contribution in [0.15, 0.2) is 30.4 Å². The van der Waals surface area contributed by atoms with E-state index in [1.807, 2.05) is 13.8 Å². The lowest BCUT2D eigenvalue weighted by Gasteiger charge is -2.04. The molecular weight excluding hydrogens is 379 g/mol. The van der Waals surface area contributed by atoms with Gasteiger partial charge in [-0.1, -0.05) is 12.2 Å². The molecule has 2 amide bonds. The van der Waals surface area contributed by atoms with Crippen LogP contribution in [0, 0.1) is 12.7 Å². The van der Waals surface area contributed by atoms with Crippen molar-refractivity contribution in [2.45, 2.75) is 59.5 Å². The van der Waals surface area contributed by atoms with Crippen LogP contribution in [0.2, 0.25) is 0 Å². The predicted octanol–water partition coefficient (Wildman–Crippen LogP) is 3.24. The summed E-state index contributed by atoms with van der Waals surface area (Å²) in [7, 11) is 1.00. The van der Waals surface area contributed by atoms with Gasteiger partial charge in [-0.2, -0.15) is 0 Å². The maximum absolute atomic E-state index is 12.9. The zero-order valence-corrected chi connectivity index (χ0v) is 17.8. The number of allylic oxidation sites excluding steroid dienone is 2. The van der Waals surface area contributed by atoms with E-state index in [1.165, 1.54) is 38.3 Å². The Bertz CT molecular complexity index is 634. The Hall–Kier alpha value is -2.74. The highest BCUT2D eigenvalue weighted by atomic mass is 19.1. The number of anilines is 1. The molecule has 1 aliphatic rings. The summed E-state index contributed by atoms with van der Waals surface area (Å²) in [4.78, 5) is 31.6. The lowest BCUT2D eigenvalue weighted by atomic mass is 10.2. The van der Waals surface area contributed by atoms with Crippen LogP contribution in [0.5, 0.6) is 0 Å². The molecule has 1 aromatic carbocycles. The van der Waals surface area contributed by atoms with Crippen molar-refractivity contribution in [1.29, 1.82) is 0 Å². The molecule has 0 saturated carbocycles. The Balaban J connectivity index is 0. The molecule has 164 valence electrons. The zero-order valence-electron chi connectivity index (χ0n) is 17.8. The van der Waals surface area contributed by atoms with E-state index in [0.29, 0.717) is 11.3 Å². The van der Waals surface area contributed by atoms with Gasteiger partial charge in [0, 0.05) is 19.7 Å². The third-order valence-electron chi connectivity index (χ3n) is 2.97. The highest BCUT2D eigenvalue weighted by molar-refractivity contribution is 6.03. The summed E-state index contributed by atoms with van der Waals surface area (Å²) in [5.41, 5.74) is 5.84. The number of carbonyl (C=O) groups excluding carboxylic acids is 3. The number of aryl methyl sites for hydroxylation is 1. The molecule has 0 bridgehead atoms. The normalized spacial score (nSPS) is 11.0. The van der Waals surface area contributed by atoms with Gasteiger partial charge in [-0.05, 0) is 63.8 Å². The number of hydrogen-bond donors (Lipinski definition) is 3. The maximum Gasteiger partial charge on any atom is 0.302 e. The number of halogens is 1. The second kappa shape index (κ2) is 17.4. The summed E-state index contributed by atoms with van der Waals surface area (Å²) < 4.78 is 17.5. The van der Waals surface area contributed by atoms with Crippen molar-refractivity contribution in [1.82, 2.24) is 0 Å². The summed E-state index contributed by atoms with van der Waals surface area (Å²) in [5.74, 6) is -1.92. The number of nitrogens with one attached hydrogen (secondary N) is 1. The number of amides is 2. The van der Waals surface area contributed by atoms with Crippen LogP contribution in [0.3, 0.4) is 0 Å². The number of nitrogens with two attached hydrogens (primary N) is 1. The molecule has 0 spiro atoms. The highest BCUT2D eigenvalue weighted by Crippen LogP contribution is 2.13. The number of hydrogen-bond acceptors (Lipinski definition) is 5. The molecule has 1 aromatic rings. The minimum Gasteiger partial charge on any atom is -0.463 e. The highest BCUT2D eigenvalue weighted by Gasteiger charge is 2.07. The first-order chi connectivity index (χ1) is 13.6. The van der Waals surface area contributed by atoms with E-state index in [2.05, 4.69) is 22.2 Å². The van der Waals surface area contributed by atoms with Gasteiger partial charge in [0.05, 0.1) is 6.10 Å². The second-order valence-corrected chi connectivity index (χ2v) is 6.27. The lowest BCUT2D eigenvalue weighted by molar-refractivity contribution is -0.144. The molecule has 0 saturated heterocycles. The molecule has 0 aromatic heterocycles. The Kier molecular flexibility index (Phi) is 17.0. The van der Waals surface area contributed by atoms with E-state index < -0.39 is 24.1 Å². The summed E-state index contributed by atoms with van der Waals surface area (Å²) in [5, 5.41) is 9.38. The van der Waals surface area contributed by atoms with Crippen molar-refractivity contribution in [2.24, 2.45) is 5.73 Å². The van der Waals surface area contributed by atoms with Crippen LogP contribution in [0.25, 0.3) is 0 Å². The molecule has 2 rings (SSSR count). The molecule has 0 unspecified atom stereocenters. The van der Waals surface area contributed by atoms with E-state index in [0.717, 1.165) is 7.11 Å². The van der Waals surface area contributed by atoms with Gasteiger partial charge in [0.15, 0.2) is 0 Å². The number of esters is 1. The van der Waals surface area contributed by atoms with Crippen molar-refractivity contribution in [3.8, 4) is 0 Å². The molecule has 0 heterocycles. The van der Waals surface area contributed by atoms with Gasteiger partial charge in [0.2, 0.25) is 11.8 Å². The monoisotopic (exact) mass is 412 g/mol. The molecule has 7 nitrogen and oxygen atoms in total. The van der Waals surface area contributed by atoms with Crippen LogP contribution < -0.4 is 11.1 Å². The summed E-state index contributed by atoms with van der Waals surface area (Å²) in [6, 6.07) is 4.11. The fourth-order valence-corrected chi connectivity index (χ4v) is 2.09. The Morgan fingerprint density at radius 1 is 1.17 bits per heavy atom. The average Bonchev–Trinajstić information content (AvgIpc) is 3.13.